The first-order valence-corrected chi connectivity index (χ1v) is 7.90. The van der Waals surface area contributed by atoms with Crippen LogP contribution < -0.4 is 10.1 Å². The van der Waals surface area contributed by atoms with Gasteiger partial charge in [-0.1, -0.05) is 19.9 Å². The number of halogens is 1. The SMILES string of the molecule is CC(C)CCN[C@H]1CCC[C@@H](Oc2cccc(F)c2)[C@@H]1O. The third kappa shape index (κ3) is 4.97. The maximum Gasteiger partial charge on any atom is 0.126 e. The van der Waals surface area contributed by atoms with E-state index < -0.39 is 6.10 Å². The van der Waals surface area contributed by atoms with Crippen molar-refractivity contribution >= 4 is 0 Å². The average Bonchev–Trinajstić information content (AvgIpc) is 2.42. The minimum atomic E-state index is -0.547. The molecule has 0 bridgehead atoms. The Hall–Kier alpha value is -1.13. The standard InChI is InChI=1S/C17H26FNO2/c1-12(2)9-10-19-15-7-4-8-16(17(15)20)21-14-6-3-5-13(18)11-14/h3,5-6,11-12,15-17,19-20H,4,7-10H2,1-2H3/t15-,16+,17+/m0/s1. The molecule has 0 unspecified atom stereocenters. The Morgan fingerprint density at radius 3 is 2.90 bits per heavy atom. The highest BCUT2D eigenvalue weighted by molar-refractivity contribution is 5.23. The first kappa shape index (κ1) is 16.2. The molecule has 0 heterocycles. The summed E-state index contributed by atoms with van der Waals surface area (Å²) >= 11 is 0. The summed E-state index contributed by atoms with van der Waals surface area (Å²) in [6.45, 7) is 5.29. The van der Waals surface area contributed by atoms with Crippen molar-refractivity contribution in [2.24, 2.45) is 5.92 Å². The molecule has 118 valence electrons. The Morgan fingerprint density at radius 2 is 2.19 bits per heavy atom. The molecule has 3 atom stereocenters. The fourth-order valence-electron chi connectivity index (χ4n) is 2.76. The van der Waals surface area contributed by atoms with Gasteiger partial charge in [0.1, 0.15) is 23.8 Å². The van der Waals surface area contributed by atoms with Gasteiger partial charge in [0.2, 0.25) is 0 Å². The quantitative estimate of drug-likeness (QED) is 0.847. The van der Waals surface area contributed by atoms with Crippen LogP contribution in [0.5, 0.6) is 5.75 Å². The molecule has 0 spiro atoms. The van der Waals surface area contributed by atoms with Crippen molar-refractivity contribution in [3.63, 3.8) is 0 Å². The van der Waals surface area contributed by atoms with Crippen LogP contribution >= 0.6 is 0 Å². The normalized spacial score (nSPS) is 26.0. The van der Waals surface area contributed by atoms with Crippen molar-refractivity contribution in [1.29, 1.82) is 0 Å². The molecule has 1 fully saturated rings. The highest BCUT2D eigenvalue weighted by Gasteiger charge is 2.33. The number of hydrogen-bond donors (Lipinski definition) is 2. The Morgan fingerprint density at radius 1 is 1.38 bits per heavy atom. The predicted molar refractivity (Wildman–Crippen MR) is 81.9 cm³/mol. The van der Waals surface area contributed by atoms with Gasteiger partial charge in [-0.3, -0.25) is 0 Å². The number of aliphatic hydroxyl groups excluding tert-OH is 1. The van der Waals surface area contributed by atoms with Gasteiger partial charge in [-0.05, 0) is 50.3 Å². The molecule has 1 aliphatic rings. The molecular formula is C17H26FNO2. The van der Waals surface area contributed by atoms with E-state index in [9.17, 15) is 9.50 Å². The van der Waals surface area contributed by atoms with Gasteiger partial charge in [0.25, 0.3) is 0 Å². The second-order valence-electron chi connectivity index (χ2n) is 6.28. The summed E-state index contributed by atoms with van der Waals surface area (Å²) in [6, 6.07) is 6.17. The zero-order chi connectivity index (χ0) is 15.2. The molecule has 1 aromatic carbocycles. The zero-order valence-corrected chi connectivity index (χ0v) is 12.9. The smallest absolute Gasteiger partial charge is 0.126 e. The maximum atomic E-state index is 13.2. The van der Waals surface area contributed by atoms with Crippen LogP contribution in [-0.4, -0.2) is 29.9 Å². The van der Waals surface area contributed by atoms with Crippen LogP contribution in [0.25, 0.3) is 0 Å². The van der Waals surface area contributed by atoms with E-state index in [-0.39, 0.29) is 18.0 Å². The summed E-state index contributed by atoms with van der Waals surface area (Å²) in [7, 11) is 0. The van der Waals surface area contributed by atoms with Crippen molar-refractivity contribution in [2.45, 2.75) is 57.8 Å². The third-order valence-corrected chi connectivity index (χ3v) is 4.01. The summed E-state index contributed by atoms with van der Waals surface area (Å²) in [5.74, 6) is 0.823. The Labute approximate surface area is 126 Å². The van der Waals surface area contributed by atoms with E-state index in [0.29, 0.717) is 11.7 Å². The lowest BCUT2D eigenvalue weighted by Gasteiger charge is -2.35. The average molecular weight is 295 g/mol. The van der Waals surface area contributed by atoms with Gasteiger partial charge in [-0.15, -0.1) is 0 Å². The Bertz CT molecular complexity index is 439. The summed E-state index contributed by atoms with van der Waals surface area (Å²) in [5.41, 5.74) is 0. The van der Waals surface area contributed by atoms with E-state index in [4.69, 9.17) is 4.74 Å². The second kappa shape index (κ2) is 7.76. The van der Waals surface area contributed by atoms with Crippen molar-refractivity contribution in [3.8, 4) is 5.75 Å². The lowest BCUT2D eigenvalue weighted by molar-refractivity contribution is -0.0155. The fourth-order valence-corrected chi connectivity index (χ4v) is 2.76. The molecule has 1 aromatic rings. The zero-order valence-electron chi connectivity index (χ0n) is 12.9. The monoisotopic (exact) mass is 295 g/mol. The maximum absolute atomic E-state index is 13.2. The van der Waals surface area contributed by atoms with Gasteiger partial charge in [0.15, 0.2) is 0 Å². The van der Waals surface area contributed by atoms with Gasteiger partial charge >= 0.3 is 0 Å². The number of hydrogen-bond acceptors (Lipinski definition) is 3. The first-order chi connectivity index (χ1) is 10.1. The lowest BCUT2D eigenvalue weighted by Crippen LogP contribution is -2.51. The summed E-state index contributed by atoms with van der Waals surface area (Å²) in [4.78, 5) is 0. The summed E-state index contributed by atoms with van der Waals surface area (Å²) < 4.78 is 19.0. The molecule has 21 heavy (non-hydrogen) atoms. The molecule has 1 aliphatic carbocycles. The third-order valence-electron chi connectivity index (χ3n) is 4.01. The molecule has 4 heteroatoms. The summed E-state index contributed by atoms with van der Waals surface area (Å²) in [5, 5.41) is 13.9. The topological polar surface area (TPSA) is 41.5 Å². The Balaban J connectivity index is 1.88. The van der Waals surface area contributed by atoms with Crippen molar-refractivity contribution in [1.82, 2.24) is 5.32 Å². The molecule has 0 aromatic heterocycles. The fraction of sp³-hybridized carbons (Fsp3) is 0.647. The molecular weight excluding hydrogens is 269 g/mol. The number of ether oxygens (including phenoxy) is 1. The first-order valence-electron chi connectivity index (χ1n) is 7.90. The minimum Gasteiger partial charge on any atom is -0.488 e. The van der Waals surface area contributed by atoms with Crippen molar-refractivity contribution in [2.75, 3.05) is 6.54 Å². The van der Waals surface area contributed by atoms with E-state index in [1.165, 1.54) is 12.1 Å². The molecule has 0 radical (unpaired) electrons. The molecule has 1 saturated carbocycles. The van der Waals surface area contributed by atoms with Crippen LogP contribution in [0.4, 0.5) is 4.39 Å². The van der Waals surface area contributed by atoms with E-state index in [1.54, 1.807) is 12.1 Å². The van der Waals surface area contributed by atoms with Gasteiger partial charge < -0.3 is 15.2 Å². The van der Waals surface area contributed by atoms with E-state index in [0.717, 1.165) is 32.2 Å². The van der Waals surface area contributed by atoms with Crippen LogP contribution in [-0.2, 0) is 0 Å². The number of rotatable bonds is 6. The van der Waals surface area contributed by atoms with Gasteiger partial charge in [0, 0.05) is 12.1 Å². The van der Waals surface area contributed by atoms with Gasteiger partial charge in [-0.25, -0.2) is 4.39 Å². The van der Waals surface area contributed by atoms with E-state index >= 15 is 0 Å². The Kier molecular flexibility index (Phi) is 6.00. The molecule has 0 amide bonds. The number of benzene rings is 1. The van der Waals surface area contributed by atoms with Gasteiger partial charge in [0.05, 0.1) is 0 Å². The molecule has 0 saturated heterocycles. The predicted octanol–water partition coefficient (Wildman–Crippen LogP) is 3.12. The molecule has 2 N–H and O–H groups in total. The highest BCUT2D eigenvalue weighted by atomic mass is 19.1. The molecule has 2 rings (SSSR count). The van der Waals surface area contributed by atoms with Crippen LogP contribution in [0.15, 0.2) is 24.3 Å². The van der Waals surface area contributed by atoms with Crippen LogP contribution in [0.1, 0.15) is 39.5 Å². The van der Waals surface area contributed by atoms with E-state index in [1.807, 2.05) is 0 Å². The molecule has 0 aliphatic heterocycles. The highest BCUT2D eigenvalue weighted by Crippen LogP contribution is 2.25. The lowest BCUT2D eigenvalue weighted by atomic mass is 9.89. The minimum absolute atomic E-state index is 0.0658. The molecule has 3 nitrogen and oxygen atoms in total. The number of aliphatic hydroxyl groups is 1. The van der Waals surface area contributed by atoms with Crippen LogP contribution in [0, 0.1) is 11.7 Å². The van der Waals surface area contributed by atoms with Crippen LogP contribution in [0.3, 0.4) is 0 Å². The largest absolute Gasteiger partial charge is 0.488 e. The second-order valence-corrected chi connectivity index (χ2v) is 6.28. The summed E-state index contributed by atoms with van der Waals surface area (Å²) in [6.07, 6.45) is 3.06. The number of nitrogens with one attached hydrogen (secondary N) is 1. The van der Waals surface area contributed by atoms with Crippen LogP contribution in [0.2, 0.25) is 0 Å². The van der Waals surface area contributed by atoms with Crippen molar-refractivity contribution in [3.05, 3.63) is 30.1 Å². The van der Waals surface area contributed by atoms with Crippen molar-refractivity contribution < 1.29 is 14.2 Å². The van der Waals surface area contributed by atoms with Gasteiger partial charge in [-0.2, -0.15) is 0 Å². The van der Waals surface area contributed by atoms with E-state index in [2.05, 4.69) is 19.2 Å².